The Morgan fingerprint density at radius 1 is 1.33 bits per heavy atom. The zero-order chi connectivity index (χ0) is 12.3. The molecular formula is C11H24F2O2. The Hall–Kier alpha value is -0.220. The van der Waals surface area contributed by atoms with Gasteiger partial charge in [0.2, 0.25) is 0 Å². The summed E-state index contributed by atoms with van der Waals surface area (Å²) in [5.74, 6) is -2.74. The Balaban J connectivity index is 0. The van der Waals surface area contributed by atoms with Crippen LogP contribution >= 0.6 is 0 Å². The van der Waals surface area contributed by atoms with Crippen molar-refractivity contribution in [2.75, 3.05) is 13.2 Å². The normalized spacial score (nSPS) is 23.8. The topological polar surface area (TPSA) is 29.5 Å². The van der Waals surface area contributed by atoms with Gasteiger partial charge in [-0.25, -0.2) is 8.78 Å². The van der Waals surface area contributed by atoms with E-state index in [1.54, 1.807) is 0 Å². The van der Waals surface area contributed by atoms with Gasteiger partial charge >= 0.3 is 0 Å². The average molecular weight is 226 g/mol. The number of aliphatic hydroxyl groups excluding tert-OH is 1. The van der Waals surface area contributed by atoms with E-state index in [9.17, 15) is 8.78 Å². The minimum Gasteiger partial charge on any atom is -0.390 e. The van der Waals surface area contributed by atoms with Crippen molar-refractivity contribution in [3.63, 3.8) is 0 Å². The summed E-state index contributed by atoms with van der Waals surface area (Å²) in [6.45, 7) is 8.33. The molecule has 1 aliphatic rings. The summed E-state index contributed by atoms with van der Waals surface area (Å²) in [5, 5.41) is 8.82. The average Bonchev–Trinajstić information content (AvgIpc) is 2.30. The van der Waals surface area contributed by atoms with Crippen LogP contribution in [0.25, 0.3) is 0 Å². The molecule has 4 heteroatoms. The Kier molecular flexibility index (Phi) is 11.8. The molecule has 0 radical (unpaired) electrons. The highest BCUT2D eigenvalue weighted by Gasteiger charge is 2.33. The first kappa shape index (κ1) is 17.2. The van der Waals surface area contributed by atoms with E-state index in [-0.39, 0.29) is 19.6 Å². The molecule has 0 aromatic heterocycles. The van der Waals surface area contributed by atoms with Crippen LogP contribution in [-0.2, 0) is 4.74 Å². The predicted molar refractivity (Wildman–Crippen MR) is 58.3 cm³/mol. The third-order valence-corrected chi connectivity index (χ3v) is 1.46. The molecule has 0 amide bonds. The van der Waals surface area contributed by atoms with Crippen LogP contribution in [0.1, 0.15) is 47.0 Å². The van der Waals surface area contributed by atoms with Gasteiger partial charge in [-0.2, -0.15) is 0 Å². The smallest absolute Gasteiger partial charge is 0.252 e. The zero-order valence-electron chi connectivity index (χ0n) is 10.2. The van der Waals surface area contributed by atoms with Crippen molar-refractivity contribution < 1.29 is 18.6 Å². The third-order valence-electron chi connectivity index (χ3n) is 1.46. The maximum atomic E-state index is 12.5. The first-order chi connectivity index (χ1) is 7.02. The molecule has 0 bridgehead atoms. The second kappa shape index (κ2) is 10.3. The summed E-state index contributed by atoms with van der Waals surface area (Å²) in [5.41, 5.74) is 0. The molecule has 0 spiro atoms. The van der Waals surface area contributed by atoms with Crippen LogP contribution in [-0.4, -0.2) is 30.3 Å². The molecule has 1 atom stereocenters. The molecule has 0 aromatic rings. The van der Waals surface area contributed by atoms with Crippen LogP contribution in [0, 0.1) is 0 Å². The van der Waals surface area contributed by atoms with Gasteiger partial charge in [-0.15, -0.1) is 0 Å². The molecule has 94 valence electrons. The standard InChI is InChI=1S/C6H10F2O2.C3H8.C2H6/c7-6(8)1-2-10-4-5(9)3-6;1-3-2;1-2/h5,9H,1-4H2;3H2,1-2H3;1-2H3. The monoisotopic (exact) mass is 226 g/mol. The quantitative estimate of drug-likeness (QED) is 0.687. The summed E-state index contributed by atoms with van der Waals surface area (Å²) in [4.78, 5) is 0. The Morgan fingerprint density at radius 3 is 2.27 bits per heavy atom. The van der Waals surface area contributed by atoms with E-state index < -0.39 is 18.4 Å². The molecule has 1 fully saturated rings. The molecule has 1 rings (SSSR count). The highest BCUT2D eigenvalue weighted by Crippen LogP contribution is 2.26. The number of ether oxygens (including phenoxy) is 1. The number of hydrogen-bond donors (Lipinski definition) is 1. The first-order valence-electron chi connectivity index (χ1n) is 5.65. The summed E-state index contributed by atoms with van der Waals surface area (Å²) in [6, 6.07) is 0. The van der Waals surface area contributed by atoms with Crippen LogP contribution in [0.4, 0.5) is 8.78 Å². The maximum Gasteiger partial charge on any atom is 0.252 e. The van der Waals surface area contributed by atoms with Crippen molar-refractivity contribution in [1.82, 2.24) is 0 Å². The van der Waals surface area contributed by atoms with Gasteiger partial charge < -0.3 is 9.84 Å². The van der Waals surface area contributed by atoms with Gasteiger partial charge in [0.05, 0.1) is 19.3 Å². The molecule has 0 saturated carbocycles. The number of alkyl halides is 2. The lowest BCUT2D eigenvalue weighted by molar-refractivity contribution is -0.0386. The number of aliphatic hydroxyl groups is 1. The van der Waals surface area contributed by atoms with Crippen molar-refractivity contribution in [3.8, 4) is 0 Å². The highest BCUT2D eigenvalue weighted by molar-refractivity contribution is 4.73. The van der Waals surface area contributed by atoms with E-state index in [0.717, 1.165) is 0 Å². The fourth-order valence-corrected chi connectivity index (χ4v) is 0.947. The van der Waals surface area contributed by atoms with Gasteiger partial charge in [0, 0.05) is 12.8 Å². The van der Waals surface area contributed by atoms with Crippen molar-refractivity contribution in [3.05, 3.63) is 0 Å². The van der Waals surface area contributed by atoms with Gasteiger partial charge in [-0.3, -0.25) is 0 Å². The molecule has 1 unspecified atom stereocenters. The molecule has 1 saturated heterocycles. The fraction of sp³-hybridized carbons (Fsp3) is 1.00. The minimum absolute atomic E-state index is 0.0373. The van der Waals surface area contributed by atoms with E-state index in [2.05, 4.69) is 13.8 Å². The second-order valence-corrected chi connectivity index (χ2v) is 3.25. The Labute approximate surface area is 91.6 Å². The molecule has 0 aliphatic carbocycles. The lowest BCUT2D eigenvalue weighted by Crippen LogP contribution is -2.23. The van der Waals surface area contributed by atoms with Gasteiger partial charge in [0.1, 0.15) is 0 Å². The van der Waals surface area contributed by atoms with Crippen LogP contribution < -0.4 is 0 Å². The summed E-state index contributed by atoms with van der Waals surface area (Å²) in [6.07, 6.45) is -0.491. The zero-order valence-corrected chi connectivity index (χ0v) is 10.2. The van der Waals surface area contributed by atoms with Crippen LogP contribution in [0.2, 0.25) is 0 Å². The molecule has 1 aliphatic heterocycles. The molecule has 15 heavy (non-hydrogen) atoms. The first-order valence-corrected chi connectivity index (χ1v) is 5.65. The number of halogens is 2. The third kappa shape index (κ3) is 11.7. The van der Waals surface area contributed by atoms with E-state index in [1.165, 1.54) is 6.42 Å². The van der Waals surface area contributed by atoms with Gasteiger partial charge in [0.25, 0.3) is 5.92 Å². The molecule has 0 aromatic carbocycles. The van der Waals surface area contributed by atoms with Gasteiger partial charge in [-0.05, 0) is 0 Å². The molecule has 2 nitrogen and oxygen atoms in total. The SMILES string of the molecule is CC.CCC.OC1COCCC(F)(F)C1. The van der Waals surface area contributed by atoms with Gasteiger partial charge in [-0.1, -0.05) is 34.1 Å². The molecule has 1 N–H and O–H groups in total. The molecular weight excluding hydrogens is 202 g/mol. The summed E-state index contributed by atoms with van der Waals surface area (Å²) < 4.78 is 29.7. The second-order valence-electron chi connectivity index (χ2n) is 3.25. The van der Waals surface area contributed by atoms with Gasteiger partial charge in [0.15, 0.2) is 0 Å². The molecule has 1 heterocycles. The van der Waals surface area contributed by atoms with E-state index in [4.69, 9.17) is 9.84 Å². The maximum absolute atomic E-state index is 12.5. The van der Waals surface area contributed by atoms with Crippen molar-refractivity contribution in [2.45, 2.75) is 59.0 Å². The van der Waals surface area contributed by atoms with Crippen molar-refractivity contribution in [1.29, 1.82) is 0 Å². The van der Waals surface area contributed by atoms with E-state index >= 15 is 0 Å². The summed E-state index contributed by atoms with van der Waals surface area (Å²) in [7, 11) is 0. The Bertz CT molecular complexity index is 130. The lowest BCUT2D eigenvalue weighted by atomic mass is 10.1. The predicted octanol–water partition coefficient (Wildman–Crippen LogP) is 3.24. The Morgan fingerprint density at radius 2 is 1.80 bits per heavy atom. The summed E-state index contributed by atoms with van der Waals surface area (Å²) >= 11 is 0. The highest BCUT2D eigenvalue weighted by atomic mass is 19.3. The number of hydrogen-bond acceptors (Lipinski definition) is 2. The minimum atomic E-state index is -2.74. The van der Waals surface area contributed by atoms with E-state index in [0.29, 0.717) is 0 Å². The number of rotatable bonds is 0. The van der Waals surface area contributed by atoms with Crippen molar-refractivity contribution >= 4 is 0 Å². The van der Waals surface area contributed by atoms with Crippen molar-refractivity contribution in [2.24, 2.45) is 0 Å². The fourth-order valence-electron chi connectivity index (χ4n) is 0.947. The lowest BCUT2D eigenvalue weighted by Gasteiger charge is -2.13. The van der Waals surface area contributed by atoms with E-state index in [1.807, 2.05) is 13.8 Å². The van der Waals surface area contributed by atoms with Crippen LogP contribution in [0.5, 0.6) is 0 Å². The van der Waals surface area contributed by atoms with Crippen LogP contribution in [0.15, 0.2) is 0 Å². The largest absolute Gasteiger partial charge is 0.390 e. The van der Waals surface area contributed by atoms with Crippen LogP contribution in [0.3, 0.4) is 0 Å².